The molecule has 2 bridgehead atoms. The van der Waals surface area contributed by atoms with E-state index in [4.69, 9.17) is 4.74 Å². The van der Waals surface area contributed by atoms with Crippen molar-refractivity contribution in [2.45, 2.75) is 51.3 Å². The van der Waals surface area contributed by atoms with Crippen LogP contribution in [0.2, 0.25) is 0 Å². The standard InChI is InChI=1S/C19H27N3O4/c1-19(2,3)26-18(25)22-12-8-9-13(22)11-21(10-12)15-7-5-6-14(17(23)24)16(15)20-4/h5-7,12-13,20H,8-11H2,1-4H3,(H,23,24). The Morgan fingerprint density at radius 1 is 1.19 bits per heavy atom. The highest BCUT2D eigenvalue weighted by molar-refractivity contribution is 5.98. The van der Waals surface area contributed by atoms with Gasteiger partial charge in [0.15, 0.2) is 0 Å². The molecule has 3 rings (SSSR count). The van der Waals surface area contributed by atoms with Gasteiger partial charge < -0.3 is 20.1 Å². The van der Waals surface area contributed by atoms with Crippen LogP contribution in [0.15, 0.2) is 18.2 Å². The molecule has 2 aliphatic rings. The summed E-state index contributed by atoms with van der Waals surface area (Å²) < 4.78 is 5.57. The Labute approximate surface area is 153 Å². The largest absolute Gasteiger partial charge is 0.478 e. The second-order valence-electron chi connectivity index (χ2n) is 7.93. The van der Waals surface area contributed by atoms with Crippen molar-refractivity contribution >= 4 is 23.4 Å². The van der Waals surface area contributed by atoms with Crippen molar-refractivity contribution < 1.29 is 19.4 Å². The maximum atomic E-state index is 12.6. The summed E-state index contributed by atoms with van der Waals surface area (Å²) >= 11 is 0. The SMILES string of the molecule is CNc1c(C(=O)O)cccc1N1CC2CCC(C1)N2C(=O)OC(C)(C)C. The molecule has 2 fully saturated rings. The second-order valence-corrected chi connectivity index (χ2v) is 7.93. The van der Waals surface area contributed by atoms with Crippen LogP contribution in [-0.2, 0) is 4.74 Å². The zero-order valence-electron chi connectivity index (χ0n) is 15.8. The summed E-state index contributed by atoms with van der Waals surface area (Å²) in [6, 6.07) is 5.47. The minimum Gasteiger partial charge on any atom is -0.478 e. The number of piperazine rings is 1. The Morgan fingerprint density at radius 2 is 1.81 bits per heavy atom. The Morgan fingerprint density at radius 3 is 2.31 bits per heavy atom. The lowest BCUT2D eigenvalue weighted by molar-refractivity contribution is 0.0123. The first-order valence-electron chi connectivity index (χ1n) is 9.01. The number of hydrogen-bond donors (Lipinski definition) is 2. The minimum atomic E-state index is -0.952. The third kappa shape index (κ3) is 3.43. The second kappa shape index (κ2) is 6.70. The van der Waals surface area contributed by atoms with Gasteiger partial charge in [0.1, 0.15) is 5.60 Å². The summed E-state index contributed by atoms with van der Waals surface area (Å²) in [6.45, 7) is 6.97. The molecule has 0 saturated carbocycles. The number of benzene rings is 1. The molecule has 1 aromatic carbocycles. The molecule has 2 heterocycles. The van der Waals surface area contributed by atoms with Gasteiger partial charge in [-0.05, 0) is 45.7 Å². The lowest BCUT2D eigenvalue weighted by Crippen LogP contribution is -2.56. The number of carboxylic acid groups (broad SMARTS) is 1. The van der Waals surface area contributed by atoms with E-state index in [1.165, 1.54) is 0 Å². The molecular weight excluding hydrogens is 334 g/mol. The Bertz CT molecular complexity index is 699. The maximum Gasteiger partial charge on any atom is 0.410 e. The number of aromatic carboxylic acids is 1. The first-order chi connectivity index (χ1) is 12.2. The number of amides is 1. The lowest BCUT2D eigenvalue weighted by Gasteiger charge is -2.42. The van der Waals surface area contributed by atoms with Crippen molar-refractivity contribution in [1.29, 1.82) is 0 Å². The molecule has 0 aromatic heterocycles. The molecule has 7 nitrogen and oxygen atoms in total. The topological polar surface area (TPSA) is 82.1 Å². The van der Waals surface area contributed by atoms with E-state index in [2.05, 4.69) is 10.2 Å². The zero-order chi connectivity index (χ0) is 19.1. The summed E-state index contributed by atoms with van der Waals surface area (Å²) in [7, 11) is 1.73. The summed E-state index contributed by atoms with van der Waals surface area (Å²) in [5.41, 5.74) is 1.23. The fraction of sp³-hybridized carbons (Fsp3) is 0.579. The number of nitrogens with one attached hydrogen (secondary N) is 1. The smallest absolute Gasteiger partial charge is 0.410 e. The van der Waals surface area contributed by atoms with Crippen molar-refractivity contribution in [3.05, 3.63) is 23.8 Å². The number of carbonyl (C=O) groups excluding carboxylic acids is 1. The van der Waals surface area contributed by atoms with Gasteiger partial charge in [0.25, 0.3) is 0 Å². The summed E-state index contributed by atoms with van der Waals surface area (Å²) in [5, 5.41) is 12.5. The van der Waals surface area contributed by atoms with E-state index in [0.29, 0.717) is 18.8 Å². The van der Waals surface area contributed by atoms with Crippen LogP contribution < -0.4 is 10.2 Å². The highest BCUT2D eigenvalue weighted by Gasteiger charge is 2.44. The molecule has 2 aliphatic heterocycles. The predicted molar refractivity (Wildman–Crippen MR) is 100 cm³/mol. The average Bonchev–Trinajstić information content (AvgIpc) is 2.82. The monoisotopic (exact) mass is 361 g/mol. The number of carbonyl (C=O) groups is 2. The van der Waals surface area contributed by atoms with Crippen LogP contribution in [0, 0.1) is 0 Å². The van der Waals surface area contributed by atoms with Gasteiger partial charge in [-0.25, -0.2) is 9.59 Å². The molecule has 0 spiro atoms. The molecule has 0 radical (unpaired) electrons. The van der Waals surface area contributed by atoms with Crippen molar-refractivity contribution in [3.63, 3.8) is 0 Å². The molecular formula is C19H27N3O4. The van der Waals surface area contributed by atoms with Gasteiger partial charge in [-0.1, -0.05) is 6.07 Å². The van der Waals surface area contributed by atoms with E-state index in [1.807, 2.05) is 31.7 Å². The van der Waals surface area contributed by atoms with Crippen LogP contribution in [-0.4, -0.2) is 59.9 Å². The number of hydrogen-bond acceptors (Lipinski definition) is 5. The molecule has 1 amide bonds. The van der Waals surface area contributed by atoms with Crippen molar-refractivity contribution in [2.75, 3.05) is 30.4 Å². The van der Waals surface area contributed by atoms with E-state index >= 15 is 0 Å². The molecule has 142 valence electrons. The van der Waals surface area contributed by atoms with Gasteiger partial charge in [-0.2, -0.15) is 0 Å². The summed E-state index contributed by atoms with van der Waals surface area (Å²) in [6.07, 6.45) is 1.62. The quantitative estimate of drug-likeness (QED) is 0.861. The van der Waals surface area contributed by atoms with E-state index in [1.54, 1.807) is 19.2 Å². The van der Waals surface area contributed by atoms with Crippen LogP contribution >= 0.6 is 0 Å². The van der Waals surface area contributed by atoms with Gasteiger partial charge in [0.05, 0.1) is 29.0 Å². The van der Waals surface area contributed by atoms with Crippen LogP contribution in [0.25, 0.3) is 0 Å². The predicted octanol–water partition coefficient (Wildman–Crippen LogP) is 3.01. The Balaban J connectivity index is 1.83. The van der Waals surface area contributed by atoms with Crippen LogP contribution in [0.4, 0.5) is 16.2 Å². The normalized spacial score (nSPS) is 22.3. The van der Waals surface area contributed by atoms with Gasteiger partial charge in [-0.3, -0.25) is 4.90 Å². The minimum absolute atomic E-state index is 0.0850. The van der Waals surface area contributed by atoms with Crippen molar-refractivity contribution in [1.82, 2.24) is 4.90 Å². The molecule has 26 heavy (non-hydrogen) atoms. The van der Waals surface area contributed by atoms with Crippen molar-refractivity contribution in [3.8, 4) is 0 Å². The van der Waals surface area contributed by atoms with E-state index in [-0.39, 0.29) is 23.7 Å². The van der Waals surface area contributed by atoms with E-state index in [0.717, 1.165) is 18.5 Å². The highest BCUT2D eigenvalue weighted by Crippen LogP contribution is 2.37. The zero-order valence-corrected chi connectivity index (χ0v) is 15.8. The number of ether oxygens (including phenoxy) is 1. The maximum absolute atomic E-state index is 12.6. The Hall–Kier alpha value is -2.44. The molecule has 7 heteroatoms. The number of carboxylic acids is 1. The average molecular weight is 361 g/mol. The number of anilines is 2. The molecule has 2 saturated heterocycles. The van der Waals surface area contributed by atoms with Crippen LogP contribution in [0.5, 0.6) is 0 Å². The molecule has 0 aliphatic carbocycles. The number of rotatable bonds is 3. The number of para-hydroxylation sites is 1. The van der Waals surface area contributed by atoms with Gasteiger partial charge in [0.2, 0.25) is 0 Å². The van der Waals surface area contributed by atoms with Crippen LogP contribution in [0.1, 0.15) is 44.0 Å². The molecule has 1 aromatic rings. The third-order valence-corrected chi connectivity index (χ3v) is 4.95. The van der Waals surface area contributed by atoms with Gasteiger partial charge in [-0.15, -0.1) is 0 Å². The fourth-order valence-electron chi connectivity index (χ4n) is 3.96. The van der Waals surface area contributed by atoms with Gasteiger partial charge >= 0.3 is 12.1 Å². The van der Waals surface area contributed by atoms with E-state index < -0.39 is 11.6 Å². The first kappa shape index (κ1) is 18.4. The Kier molecular flexibility index (Phi) is 4.73. The fourth-order valence-corrected chi connectivity index (χ4v) is 3.96. The summed E-state index contributed by atoms with van der Waals surface area (Å²) in [5.74, 6) is -0.952. The third-order valence-electron chi connectivity index (χ3n) is 4.95. The van der Waals surface area contributed by atoms with Crippen LogP contribution in [0.3, 0.4) is 0 Å². The number of nitrogens with zero attached hydrogens (tertiary/aromatic N) is 2. The van der Waals surface area contributed by atoms with Crippen molar-refractivity contribution in [2.24, 2.45) is 0 Å². The molecule has 2 unspecified atom stereocenters. The highest BCUT2D eigenvalue weighted by atomic mass is 16.6. The van der Waals surface area contributed by atoms with E-state index in [9.17, 15) is 14.7 Å². The molecule has 2 N–H and O–H groups in total. The first-order valence-corrected chi connectivity index (χ1v) is 9.01. The number of fused-ring (bicyclic) bond motifs is 2. The lowest BCUT2D eigenvalue weighted by atomic mass is 10.1. The summed E-state index contributed by atoms with van der Waals surface area (Å²) in [4.78, 5) is 28.1. The molecule has 2 atom stereocenters. The van der Waals surface area contributed by atoms with Gasteiger partial charge in [0, 0.05) is 20.1 Å².